The van der Waals surface area contributed by atoms with Crippen molar-refractivity contribution in [3.05, 3.63) is 0 Å². The van der Waals surface area contributed by atoms with Crippen molar-refractivity contribution < 1.29 is 42.1 Å². The maximum atomic E-state index is 2.42. The van der Waals surface area contributed by atoms with Gasteiger partial charge in [-0.3, -0.25) is 0 Å². The summed E-state index contributed by atoms with van der Waals surface area (Å²) < 4.78 is 0. The van der Waals surface area contributed by atoms with Gasteiger partial charge in [0.15, 0.2) is 0 Å². The van der Waals surface area contributed by atoms with Crippen LogP contribution in [0.25, 0.3) is 0 Å². The molecule has 0 bridgehead atoms. The molecule has 4 unspecified atom stereocenters. The number of hydrogen-bond acceptors (Lipinski definition) is 0. The summed E-state index contributed by atoms with van der Waals surface area (Å²) in [5.41, 5.74) is 0. The van der Waals surface area contributed by atoms with Crippen LogP contribution in [0.5, 0.6) is 0 Å². The second-order valence-electron chi connectivity index (χ2n) is 18.1. The Hall–Kier alpha value is 1.38. The molecular weight excluding hydrogens is 1120 g/mol. The molecule has 2 fully saturated rings. The fourth-order valence-corrected chi connectivity index (χ4v) is 5.73. The third-order valence-corrected chi connectivity index (χ3v) is 8.36. The molecule has 2 rings (SSSR count). The van der Waals surface area contributed by atoms with Crippen molar-refractivity contribution in [3.63, 3.8) is 0 Å². The van der Waals surface area contributed by atoms with Gasteiger partial charge in [0.2, 0.25) is 0 Å². The van der Waals surface area contributed by atoms with Crippen LogP contribution in [0.4, 0.5) is 0 Å². The second kappa shape index (κ2) is 110. The molecule has 0 amide bonds. The zero-order valence-corrected chi connectivity index (χ0v) is 54.3. The van der Waals surface area contributed by atoms with E-state index in [0.717, 1.165) is 59.2 Å². The van der Waals surface area contributed by atoms with E-state index in [0.29, 0.717) is 0 Å². The molecule has 0 aliphatic heterocycles. The van der Waals surface area contributed by atoms with Gasteiger partial charge in [-0.05, 0) is 72.0 Å². The zero-order valence-electron chi connectivity index (χ0n) is 49.7. The molecule has 0 nitrogen and oxygen atoms in total. The van der Waals surface area contributed by atoms with E-state index in [2.05, 4.69) is 138 Å². The van der Waals surface area contributed by atoms with Gasteiger partial charge < -0.3 is 0 Å². The Bertz CT molecular complexity index is 453. The van der Waals surface area contributed by atoms with Gasteiger partial charge in [0, 0.05) is 42.1 Å². The fourth-order valence-electron chi connectivity index (χ4n) is 5.73. The Morgan fingerprint density at radius 3 is 0.587 bits per heavy atom. The summed E-state index contributed by atoms with van der Waals surface area (Å²) in [6, 6.07) is 0. The largest absolute Gasteiger partial charge is 0.0776 e. The molecule has 2 heteroatoms. The molecule has 0 N–H and O–H groups in total. The first kappa shape index (κ1) is 110. The van der Waals surface area contributed by atoms with Crippen molar-refractivity contribution in [3.8, 4) is 0 Å². The summed E-state index contributed by atoms with van der Waals surface area (Å²) in [5.74, 6) is 9.40. The molecule has 63 heavy (non-hydrogen) atoms. The van der Waals surface area contributed by atoms with E-state index in [1.165, 1.54) is 103 Å². The van der Waals surface area contributed by atoms with Crippen LogP contribution in [0, 0.1) is 59.2 Å². The quantitative estimate of drug-likeness (QED) is 0.193. The molecule has 4 atom stereocenters. The Morgan fingerprint density at radius 1 is 0.333 bits per heavy atom. The third-order valence-electron chi connectivity index (χ3n) is 8.36. The van der Waals surface area contributed by atoms with Crippen LogP contribution in [0.15, 0.2) is 0 Å². The minimum absolute atomic E-state index is 0. The van der Waals surface area contributed by atoms with Gasteiger partial charge in [0.25, 0.3) is 0 Å². The molecule has 0 aromatic carbocycles. The average Bonchev–Trinajstić information content (AvgIpc) is 3.79. The fraction of sp³-hybridized carbons (Fsp3) is 1.00. The van der Waals surface area contributed by atoms with Crippen LogP contribution < -0.4 is 0 Å². The van der Waals surface area contributed by atoms with E-state index < -0.39 is 0 Å². The molecule has 0 radical (unpaired) electrons. The van der Waals surface area contributed by atoms with E-state index in [1.807, 2.05) is 83.1 Å². The van der Waals surface area contributed by atoms with E-state index in [1.54, 1.807) is 0 Å². The van der Waals surface area contributed by atoms with Crippen LogP contribution in [0.1, 0.15) is 347 Å². The molecule has 0 aromatic heterocycles. The Labute approximate surface area is 444 Å². The van der Waals surface area contributed by atoms with Crippen LogP contribution in [-0.2, 0) is 42.1 Å². The number of hydrogen-bond donors (Lipinski definition) is 0. The van der Waals surface area contributed by atoms with Crippen molar-refractivity contribution >= 4 is 0 Å². The third kappa shape index (κ3) is 162. The van der Waals surface area contributed by atoms with Crippen LogP contribution in [0.2, 0.25) is 0 Å². The summed E-state index contributed by atoms with van der Waals surface area (Å²) in [5, 5.41) is 0. The first-order valence-corrected chi connectivity index (χ1v) is 27.3. The first-order chi connectivity index (χ1) is 27.3. The van der Waals surface area contributed by atoms with Crippen molar-refractivity contribution in [2.75, 3.05) is 0 Å². The van der Waals surface area contributed by atoms with Gasteiger partial charge in [-0.25, -0.2) is 0 Å². The number of unbranched alkanes of at least 4 members (excludes halogenated alkanes) is 4. The predicted octanol–water partition coefficient (Wildman–Crippen LogP) is 25.8. The zero-order chi connectivity index (χ0) is 49.1. The van der Waals surface area contributed by atoms with Crippen molar-refractivity contribution in [1.82, 2.24) is 0 Å². The van der Waals surface area contributed by atoms with Gasteiger partial charge in [0.05, 0.1) is 0 Å². The van der Waals surface area contributed by atoms with E-state index in [9.17, 15) is 0 Å². The van der Waals surface area contributed by atoms with Gasteiger partial charge in [-0.2, -0.15) is 0 Å². The van der Waals surface area contributed by atoms with Gasteiger partial charge in [-0.1, -0.05) is 334 Å². The molecule has 0 saturated heterocycles. The minimum atomic E-state index is 0. The summed E-state index contributed by atoms with van der Waals surface area (Å²) in [4.78, 5) is 0. The Morgan fingerprint density at radius 2 is 0.508 bits per heavy atom. The summed E-state index contributed by atoms with van der Waals surface area (Å²) >= 11 is 0. The van der Waals surface area contributed by atoms with Crippen molar-refractivity contribution in [2.45, 2.75) is 347 Å². The molecule has 0 heterocycles. The second-order valence-corrected chi connectivity index (χ2v) is 18.1. The SMILES string of the molecule is C.C.C.CC.CC.CC.CC.CC.CC.CC(C)C.CC(C)C.CC(C)CC1CCCC1C.CC(C)CC1CCCC1C.CC(C)CCC(C)C.CCCCC.CCCCC.[Pt].[Pt]. The van der Waals surface area contributed by atoms with E-state index in [4.69, 9.17) is 0 Å². The maximum absolute atomic E-state index is 2.42. The predicted molar refractivity (Wildman–Crippen MR) is 311 cm³/mol. The smallest absolute Gasteiger partial charge is 0 e. The standard InChI is InChI=1S/2C10H20.C8H18.2C5H12.2C4H10.6C2H6.3CH4.2Pt/c2*1-8(2)7-10-6-4-5-9(10)3;1-7(2)5-6-8(3)4;2*1-3-5-4-2;2*1-4(2)3;6*1-2;;;;;/h2*8-10H,4-7H2,1-3H3;7-8H,5-6H2,1-4H3;2*3-5H2,1-2H3;2*4H,1-3H3;6*1-2H3;3*1H4;;. The number of rotatable bonds is 11. The summed E-state index contributed by atoms with van der Waals surface area (Å²) in [7, 11) is 0. The molecule has 2 aliphatic rings. The maximum Gasteiger partial charge on any atom is 0 e. The Kier molecular flexibility index (Phi) is 193. The van der Waals surface area contributed by atoms with E-state index >= 15 is 0 Å². The van der Waals surface area contributed by atoms with Gasteiger partial charge in [0.1, 0.15) is 0 Å². The average molecular weight is 1270 g/mol. The Balaban J connectivity index is -0.0000000283. The topological polar surface area (TPSA) is 0 Å². The van der Waals surface area contributed by atoms with Crippen LogP contribution >= 0.6 is 0 Å². The van der Waals surface area contributed by atoms with Crippen molar-refractivity contribution in [1.29, 1.82) is 0 Å². The first-order valence-electron chi connectivity index (χ1n) is 27.3. The normalized spacial score (nSPS) is 15.1. The van der Waals surface area contributed by atoms with E-state index in [-0.39, 0.29) is 64.4 Å². The van der Waals surface area contributed by atoms with Gasteiger partial charge in [-0.15, -0.1) is 0 Å². The van der Waals surface area contributed by atoms with Crippen LogP contribution in [-0.4, -0.2) is 0 Å². The summed E-state index contributed by atoms with van der Waals surface area (Å²) in [6.07, 6.45) is 22.8. The van der Waals surface area contributed by atoms with Crippen LogP contribution in [0.3, 0.4) is 0 Å². The molecule has 2 aliphatic carbocycles. The molecule has 414 valence electrons. The molecule has 0 aromatic rings. The molecule has 0 spiro atoms. The van der Waals surface area contributed by atoms with Crippen molar-refractivity contribution in [2.24, 2.45) is 59.2 Å². The van der Waals surface area contributed by atoms with Gasteiger partial charge >= 0.3 is 0 Å². The molecule has 2 saturated carbocycles. The summed E-state index contributed by atoms with van der Waals surface area (Å²) in [6.45, 7) is 69.2. The minimum Gasteiger partial charge on any atom is -0.0776 e. The molecular formula is C61H150Pt2. The monoisotopic (exact) mass is 1270 g/mol.